The summed E-state index contributed by atoms with van der Waals surface area (Å²) in [7, 11) is 0. The lowest BCUT2D eigenvalue weighted by Crippen LogP contribution is -1.96. The molecular formula is C12H24. The molecule has 0 heteroatoms. The smallest absolute Gasteiger partial charge is 0.0297 e. The van der Waals surface area contributed by atoms with E-state index in [1.165, 1.54) is 31.3 Å². The van der Waals surface area contributed by atoms with Crippen molar-refractivity contribution < 1.29 is 0 Å². The molecule has 0 spiro atoms. The Bertz CT molecular complexity index is 122. The largest absolute Gasteiger partial charge is 0.0999 e. The molecule has 0 aromatic carbocycles. The molecule has 0 saturated carbocycles. The summed E-state index contributed by atoms with van der Waals surface area (Å²) in [5.41, 5.74) is 1.44. The van der Waals surface area contributed by atoms with Crippen LogP contribution in [0.3, 0.4) is 0 Å². The van der Waals surface area contributed by atoms with Gasteiger partial charge in [0, 0.05) is 0 Å². The van der Waals surface area contributed by atoms with Crippen molar-refractivity contribution in [3.63, 3.8) is 0 Å². The van der Waals surface area contributed by atoms with Gasteiger partial charge in [-0.3, -0.25) is 0 Å². The first-order valence-corrected chi connectivity index (χ1v) is 5.22. The molecule has 0 aliphatic rings. The van der Waals surface area contributed by atoms with Crippen molar-refractivity contribution in [1.82, 2.24) is 0 Å². The van der Waals surface area contributed by atoms with Crippen molar-refractivity contribution in [1.29, 1.82) is 0 Å². The van der Waals surface area contributed by atoms with E-state index < -0.39 is 0 Å². The van der Waals surface area contributed by atoms with Gasteiger partial charge in [-0.1, -0.05) is 46.3 Å². The van der Waals surface area contributed by atoms with Crippen LogP contribution in [-0.4, -0.2) is 0 Å². The molecule has 72 valence electrons. The van der Waals surface area contributed by atoms with E-state index >= 15 is 0 Å². The highest BCUT2D eigenvalue weighted by Gasteiger charge is 2.02. The summed E-state index contributed by atoms with van der Waals surface area (Å²) in [6.45, 7) is 13.2. The van der Waals surface area contributed by atoms with E-state index in [-0.39, 0.29) is 0 Å². The lowest BCUT2D eigenvalue weighted by atomic mass is 9.95. The Morgan fingerprint density at radius 3 is 2.25 bits per heavy atom. The number of hydrogen-bond donors (Lipinski definition) is 0. The molecule has 0 aliphatic heterocycles. The van der Waals surface area contributed by atoms with Crippen molar-refractivity contribution in [3.8, 4) is 0 Å². The third-order valence-corrected chi connectivity index (χ3v) is 2.41. The average molecular weight is 168 g/mol. The van der Waals surface area contributed by atoms with Gasteiger partial charge in [-0.05, 0) is 31.1 Å². The van der Waals surface area contributed by atoms with E-state index in [2.05, 4.69) is 34.3 Å². The van der Waals surface area contributed by atoms with Crippen LogP contribution in [0.15, 0.2) is 12.2 Å². The average Bonchev–Trinajstić information content (AvgIpc) is 2.00. The summed E-state index contributed by atoms with van der Waals surface area (Å²) in [6, 6.07) is 0. The van der Waals surface area contributed by atoms with E-state index in [4.69, 9.17) is 0 Å². The lowest BCUT2D eigenvalue weighted by molar-refractivity contribution is 0.522. The maximum atomic E-state index is 4.11. The van der Waals surface area contributed by atoms with E-state index in [1.54, 1.807) is 0 Å². The van der Waals surface area contributed by atoms with Crippen LogP contribution in [0, 0.1) is 11.8 Å². The summed E-state index contributed by atoms with van der Waals surface area (Å²) in [5, 5.41) is 0. The molecule has 1 atom stereocenters. The highest BCUT2D eigenvalue weighted by atomic mass is 14.1. The van der Waals surface area contributed by atoms with Gasteiger partial charge in [-0.25, -0.2) is 0 Å². The fraction of sp³-hybridized carbons (Fsp3) is 0.833. The van der Waals surface area contributed by atoms with Crippen LogP contribution in [-0.2, 0) is 0 Å². The Balaban J connectivity index is 3.46. The molecule has 12 heavy (non-hydrogen) atoms. The molecular weight excluding hydrogens is 144 g/mol. The van der Waals surface area contributed by atoms with Crippen molar-refractivity contribution in [3.05, 3.63) is 12.2 Å². The Kier molecular flexibility index (Phi) is 6.14. The minimum atomic E-state index is 0.818. The van der Waals surface area contributed by atoms with Gasteiger partial charge in [0.25, 0.3) is 0 Å². The summed E-state index contributed by atoms with van der Waals surface area (Å²) >= 11 is 0. The van der Waals surface area contributed by atoms with Gasteiger partial charge in [-0.2, -0.15) is 0 Å². The first kappa shape index (κ1) is 11.7. The molecule has 0 rings (SSSR count). The maximum absolute atomic E-state index is 4.11. The minimum Gasteiger partial charge on any atom is -0.0999 e. The zero-order valence-corrected chi connectivity index (χ0v) is 9.19. The molecule has 0 amide bonds. The predicted molar refractivity (Wildman–Crippen MR) is 57.3 cm³/mol. The highest BCUT2D eigenvalue weighted by molar-refractivity contribution is 4.95. The van der Waals surface area contributed by atoms with Gasteiger partial charge >= 0.3 is 0 Å². The number of hydrogen-bond acceptors (Lipinski definition) is 0. The van der Waals surface area contributed by atoms with E-state index in [9.17, 15) is 0 Å². The van der Waals surface area contributed by atoms with Crippen molar-refractivity contribution >= 4 is 0 Å². The third kappa shape index (κ3) is 6.45. The van der Waals surface area contributed by atoms with Crippen LogP contribution in [0.4, 0.5) is 0 Å². The summed E-state index contributed by atoms with van der Waals surface area (Å²) < 4.78 is 0. The molecule has 0 saturated heterocycles. The monoisotopic (exact) mass is 168 g/mol. The summed E-state index contributed by atoms with van der Waals surface area (Å²) in [5.74, 6) is 1.64. The fourth-order valence-electron chi connectivity index (χ4n) is 1.23. The Morgan fingerprint density at radius 1 is 1.25 bits per heavy atom. The maximum Gasteiger partial charge on any atom is -0.0297 e. The SMILES string of the molecule is C=C(CCC(C)C)CC(C)CC. The molecule has 0 aromatic rings. The standard InChI is InChI=1S/C12H24/c1-6-11(4)9-12(5)8-7-10(2)3/h10-11H,5-9H2,1-4H3. The van der Waals surface area contributed by atoms with E-state index in [0.717, 1.165) is 11.8 Å². The van der Waals surface area contributed by atoms with Gasteiger partial charge in [0.2, 0.25) is 0 Å². The molecule has 0 aliphatic carbocycles. The van der Waals surface area contributed by atoms with Crippen LogP contribution >= 0.6 is 0 Å². The van der Waals surface area contributed by atoms with E-state index in [1.807, 2.05) is 0 Å². The molecule has 0 aromatic heterocycles. The Labute approximate surface area is 78.1 Å². The molecule has 0 fully saturated rings. The van der Waals surface area contributed by atoms with Crippen LogP contribution in [0.2, 0.25) is 0 Å². The molecule has 0 nitrogen and oxygen atoms in total. The topological polar surface area (TPSA) is 0 Å². The van der Waals surface area contributed by atoms with Crippen LogP contribution in [0.25, 0.3) is 0 Å². The van der Waals surface area contributed by atoms with Crippen LogP contribution in [0.5, 0.6) is 0 Å². The molecule has 0 heterocycles. The normalized spacial score (nSPS) is 13.4. The third-order valence-electron chi connectivity index (χ3n) is 2.41. The Hall–Kier alpha value is -0.260. The first-order valence-electron chi connectivity index (χ1n) is 5.22. The van der Waals surface area contributed by atoms with Crippen LogP contribution in [0.1, 0.15) is 53.4 Å². The van der Waals surface area contributed by atoms with Crippen molar-refractivity contribution in [2.45, 2.75) is 53.4 Å². The van der Waals surface area contributed by atoms with Crippen LogP contribution < -0.4 is 0 Å². The zero-order valence-electron chi connectivity index (χ0n) is 9.19. The minimum absolute atomic E-state index is 0.818. The lowest BCUT2D eigenvalue weighted by Gasteiger charge is -2.11. The van der Waals surface area contributed by atoms with Gasteiger partial charge in [0.05, 0.1) is 0 Å². The second-order valence-electron chi connectivity index (χ2n) is 4.40. The highest BCUT2D eigenvalue weighted by Crippen LogP contribution is 2.18. The second-order valence-corrected chi connectivity index (χ2v) is 4.40. The van der Waals surface area contributed by atoms with Crippen molar-refractivity contribution in [2.24, 2.45) is 11.8 Å². The fourth-order valence-corrected chi connectivity index (χ4v) is 1.23. The van der Waals surface area contributed by atoms with E-state index in [0.29, 0.717) is 0 Å². The number of rotatable bonds is 6. The Morgan fingerprint density at radius 2 is 1.83 bits per heavy atom. The molecule has 0 radical (unpaired) electrons. The number of allylic oxidation sites excluding steroid dienone is 1. The predicted octanol–water partition coefficient (Wildman–Crippen LogP) is 4.42. The second kappa shape index (κ2) is 6.28. The quantitative estimate of drug-likeness (QED) is 0.515. The van der Waals surface area contributed by atoms with Gasteiger partial charge in [0.15, 0.2) is 0 Å². The summed E-state index contributed by atoms with van der Waals surface area (Å²) in [4.78, 5) is 0. The van der Waals surface area contributed by atoms with Crippen molar-refractivity contribution in [2.75, 3.05) is 0 Å². The molecule has 1 unspecified atom stereocenters. The first-order chi connectivity index (χ1) is 5.56. The van der Waals surface area contributed by atoms with Gasteiger partial charge in [0.1, 0.15) is 0 Å². The zero-order chi connectivity index (χ0) is 9.56. The van der Waals surface area contributed by atoms with Gasteiger partial charge in [-0.15, -0.1) is 0 Å². The summed E-state index contributed by atoms with van der Waals surface area (Å²) in [6.07, 6.45) is 5.03. The molecule has 0 bridgehead atoms. The molecule has 0 N–H and O–H groups in total. The van der Waals surface area contributed by atoms with Gasteiger partial charge < -0.3 is 0 Å².